The van der Waals surface area contributed by atoms with Crippen LogP contribution in [-0.4, -0.2) is 11.8 Å². The molecule has 36 heavy (non-hydrogen) atoms. The summed E-state index contributed by atoms with van der Waals surface area (Å²) in [4.78, 5) is 27.5. The molecule has 4 rings (SSSR count). The normalized spacial score (nSPS) is 10.7. The second kappa shape index (κ2) is 12.3. The third-order valence-electron chi connectivity index (χ3n) is 4.84. The Morgan fingerprint density at radius 1 is 0.556 bits per heavy atom. The van der Waals surface area contributed by atoms with Crippen LogP contribution in [-0.2, 0) is 0 Å². The van der Waals surface area contributed by atoms with Crippen molar-refractivity contribution in [1.29, 1.82) is 0 Å². The molecule has 0 aliphatic heterocycles. The second-order valence-corrected chi connectivity index (χ2v) is 11.2. The minimum atomic E-state index is -0.314. The van der Waals surface area contributed by atoms with Crippen molar-refractivity contribution in [2.75, 3.05) is 10.6 Å². The zero-order valence-corrected chi connectivity index (χ0v) is 22.9. The number of hydrogen-bond acceptors (Lipinski definition) is 4. The summed E-state index contributed by atoms with van der Waals surface area (Å²) in [7, 11) is 2.73. The van der Waals surface area contributed by atoms with Gasteiger partial charge in [0, 0.05) is 19.8 Å². The van der Waals surface area contributed by atoms with Crippen molar-refractivity contribution in [3.63, 3.8) is 0 Å². The summed E-state index contributed by atoms with van der Waals surface area (Å²) in [6.45, 7) is 0. The van der Waals surface area contributed by atoms with Crippen molar-refractivity contribution in [3.05, 3.63) is 116 Å². The van der Waals surface area contributed by atoms with Gasteiger partial charge in [-0.1, -0.05) is 92.3 Å². The summed E-state index contributed by atoms with van der Waals surface area (Å²) in [5.41, 5.74) is 1.86. The molecule has 0 bridgehead atoms. The van der Waals surface area contributed by atoms with Crippen LogP contribution in [0.3, 0.4) is 0 Å². The first kappa shape index (κ1) is 26.7. The van der Waals surface area contributed by atoms with E-state index in [4.69, 9.17) is 46.4 Å². The minimum absolute atomic E-state index is 0.314. The van der Waals surface area contributed by atoms with Crippen molar-refractivity contribution >= 4 is 91.2 Å². The monoisotopic (exact) mass is 592 g/mol. The minimum Gasteiger partial charge on any atom is -0.321 e. The van der Waals surface area contributed by atoms with Gasteiger partial charge in [-0.15, -0.1) is 0 Å². The Kier molecular flexibility index (Phi) is 9.12. The van der Waals surface area contributed by atoms with Gasteiger partial charge in [0.25, 0.3) is 11.8 Å². The highest BCUT2D eigenvalue weighted by Gasteiger charge is 2.17. The quantitative estimate of drug-likeness (QED) is 0.209. The number of hydrogen-bond donors (Lipinski definition) is 2. The fourth-order valence-electron chi connectivity index (χ4n) is 3.10. The zero-order chi connectivity index (χ0) is 25.7. The number of amides is 2. The molecular weight excluding hydrogens is 578 g/mol. The van der Waals surface area contributed by atoms with Crippen molar-refractivity contribution in [1.82, 2.24) is 0 Å². The van der Waals surface area contributed by atoms with E-state index in [0.29, 0.717) is 42.6 Å². The average molecular weight is 594 g/mol. The van der Waals surface area contributed by atoms with E-state index in [2.05, 4.69) is 10.6 Å². The number of anilines is 2. The van der Waals surface area contributed by atoms with Gasteiger partial charge in [0.05, 0.1) is 32.5 Å². The second-order valence-electron chi connectivity index (χ2n) is 7.32. The smallest absolute Gasteiger partial charge is 0.256 e. The van der Waals surface area contributed by atoms with Gasteiger partial charge >= 0.3 is 0 Å². The first-order valence-electron chi connectivity index (χ1n) is 10.4. The van der Waals surface area contributed by atoms with Crippen LogP contribution in [0.4, 0.5) is 11.4 Å². The molecule has 0 aromatic heterocycles. The number of halogens is 4. The van der Waals surface area contributed by atoms with Crippen LogP contribution in [0.2, 0.25) is 20.1 Å². The molecule has 0 aliphatic rings. The molecule has 0 saturated carbocycles. The third-order valence-corrected chi connectivity index (χ3v) is 8.42. The molecule has 0 radical (unpaired) electrons. The van der Waals surface area contributed by atoms with Crippen molar-refractivity contribution in [2.24, 2.45) is 0 Å². The summed E-state index contributed by atoms with van der Waals surface area (Å²) in [5.74, 6) is -0.627. The summed E-state index contributed by atoms with van der Waals surface area (Å²) < 4.78 is 0. The number of carbonyl (C=O) groups is 2. The van der Waals surface area contributed by atoms with Crippen molar-refractivity contribution < 1.29 is 9.59 Å². The highest BCUT2D eigenvalue weighted by Crippen LogP contribution is 2.41. The number of nitrogens with one attached hydrogen (secondary N) is 2. The van der Waals surface area contributed by atoms with Gasteiger partial charge in [0.15, 0.2) is 0 Å². The Morgan fingerprint density at radius 2 is 0.944 bits per heavy atom. The standard InChI is InChI=1S/C26H16Cl4N2O2S2/c27-15-9-11-21(19(29)13-15)31-25(33)17-5-1-3-7-23(17)35-36-24-8-4-2-6-18(24)26(34)32-22-12-10-16(28)14-20(22)30/h1-14H,(H,31,33)(H,32,34). The number of benzene rings is 4. The van der Waals surface area contributed by atoms with E-state index in [1.807, 2.05) is 24.3 Å². The van der Waals surface area contributed by atoms with E-state index in [-0.39, 0.29) is 11.8 Å². The lowest BCUT2D eigenvalue weighted by Crippen LogP contribution is -2.13. The maximum atomic E-state index is 13.0. The van der Waals surface area contributed by atoms with E-state index in [0.717, 1.165) is 9.79 Å². The van der Waals surface area contributed by atoms with Crippen LogP contribution in [0.15, 0.2) is 94.7 Å². The highest BCUT2D eigenvalue weighted by atomic mass is 35.5. The number of rotatable bonds is 7. The summed E-state index contributed by atoms with van der Waals surface area (Å²) in [5, 5.41) is 7.28. The van der Waals surface area contributed by atoms with Crippen molar-refractivity contribution in [2.45, 2.75) is 9.79 Å². The van der Waals surface area contributed by atoms with Gasteiger partial charge in [-0.05, 0) is 60.7 Å². The summed E-state index contributed by atoms with van der Waals surface area (Å²) >= 11 is 24.3. The van der Waals surface area contributed by atoms with Gasteiger partial charge in [-0.25, -0.2) is 0 Å². The lowest BCUT2D eigenvalue weighted by atomic mass is 10.2. The van der Waals surface area contributed by atoms with E-state index in [1.165, 1.54) is 21.6 Å². The lowest BCUT2D eigenvalue weighted by Gasteiger charge is -2.13. The van der Waals surface area contributed by atoms with Gasteiger partial charge in [-0.3, -0.25) is 9.59 Å². The Labute approximate surface area is 236 Å². The first-order valence-corrected chi connectivity index (χ1v) is 14.0. The molecule has 0 unspecified atom stereocenters. The molecule has 2 N–H and O–H groups in total. The maximum Gasteiger partial charge on any atom is 0.256 e. The summed E-state index contributed by atoms with van der Waals surface area (Å²) in [6, 6.07) is 24.1. The maximum absolute atomic E-state index is 13.0. The van der Waals surface area contributed by atoms with Crippen LogP contribution in [0, 0.1) is 0 Å². The van der Waals surface area contributed by atoms with Crippen LogP contribution in [0.25, 0.3) is 0 Å². The molecule has 0 heterocycles. The van der Waals surface area contributed by atoms with Gasteiger partial charge in [0.1, 0.15) is 0 Å². The van der Waals surface area contributed by atoms with Crippen LogP contribution in [0.5, 0.6) is 0 Å². The topological polar surface area (TPSA) is 58.2 Å². The Morgan fingerprint density at radius 3 is 1.33 bits per heavy atom. The van der Waals surface area contributed by atoms with E-state index < -0.39 is 0 Å². The molecule has 0 saturated heterocycles. The Balaban J connectivity index is 1.50. The molecule has 0 spiro atoms. The first-order chi connectivity index (χ1) is 17.3. The van der Waals surface area contributed by atoms with Gasteiger partial charge in [0.2, 0.25) is 0 Å². The van der Waals surface area contributed by atoms with Crippen molar-refractivity contribution in [3.8, 4) is 0 Å². The molecule has 4 nitrogen and oxygen atoms in total. The van der Waals surface area contributed by atoms with Gasteiger partial charge < -0.3 is 10.6 Å². The molecule has 4 aromatic carbocycles. The summed E-state index contributed by atoms with van der Waals surface area (Å²) in [6.07, 6.45) is 0. The van der Waals surface area contributed by atoms with Crippen LogP contribution >= 0.6 is 68.0 Å². The fourth-order valence-corrected chi connectivity index (χ4v) is 6.38. The predicted octanol–water partition coefficient (Wildman–Crippen LogP) is 9.60. The highest BCUT2D eigenvalue weighted by molar-refractivity contribution is 8.76. The van der Waals surface area contributed by atoms with E-state index in [1.54, 1.807) is 60.7 Å². The molecule has 4 aromatic rings. The van der Waals surface area contributed by atoms with E-state index >= 15 is 0 Å². The largest absolute Gasteiger partial charge is 0.321 e. The third kappa shape index (κ3) is 6.71. The lowest BCUT2D eigenvalue weighted by molar-refractivity contribution is 0.101. The molecule has 0 fully saturated rings. The molecule has 0 atom stereocenters. The molecule has 10 heteroatoms. The molecule has 0 aliphatic carbocycles. The fraction of sp³-hybridized carbons (Fsp3) is 0. The van der Waals surface area contributed by atoms with E-state index in [9.17, 15) is 9.59 Å². The molecule has 182 valence electrons. The Hall–Kier alpha value is -2.32. The van der Waals surface area contributed by atoms with Crippen LogP contribution in [0.1, 0.15) is 20.7 Å². The SMILES string of the molecule is O=C(Nc1ccc(Cl)cc1Cl)c1ccccc1SSc1ccccc1C(=O)Nc1ccc(Cl)cc1Cl. The predicted molar refractivity (Wildman–Crippen MR) is 153 cm³/mol. The molecular formula is C26H16Cl4N2O2S2. The average Bonchev–Trinajstić information content (AvgIpc) is 2.86. The van der Waals surface area contributed by atoms with Crippen LogP contribution < -0.4 is 10.6 Å². The Bertz CT molecular complexity index is 1340. The molecule has 2 amide bonds. The van der Waals surface area contributed by atoms with Gasteiger partial charge in [-0.2, -0.15) is 0 Å². The zero-order valence-electron chi connectivity index (χ0n) is 18.2. The number of carbonyl (C=O) groups excluding carboxylic acids is 2.